The van der Waals surface area contributed by atoms with Crippen LogP contribution in [0.3, 0.4) is 0 Å². The number of hydrogen-bond acceptors (Lipinski definition) is 3. The SMILES string of the molecule is CCCCN(C)C(=O)CN1C(=O)C(c2ccccc2)=NC12CCCCC2. The Morgan fingerprint density at radius 1 is 1.19 bits per heavy atom. The lowest BCUT2D eigenvalue weighted by molar-refractivity contribution is -0.140. The molecule has 1 saturated carbocycles. The van der Waals surface area contributed by atoms with E-state index in [0.717, 1.165) is 50.6 Å². The molecule has 1 fully saturated rings. The molecule has 2 amide bonds. The first-order valence-electron chi connectivity index (χ1n) is 9.78. The normalized spacial score (nSPS) is 18.9. The van der Waals surface area contributed by atoms with E-state index in [9.17, 15) is 9.59 Å². The van der Waals surface area contributed by atoms with Gasteiger partial charge in [-0.1, -0.05) is 50.1 Å². The quantitative estimate of drug-likeness (QED) is 0.787. The second-order valence-corrected chi connectivity index (χ2v) is 7.43. The fourth-order valence-electron chi connectivity index (χ4n) is 3.91. The lowest BCUT2D eigenvalue weighted by Gasteiger charge is -2.39. The Hall–Kier alpha value is -2.17. The van der Waals surface area contributed by atoms with Crippen molar-refractivity contribution < 1.29 is 9.59 Å². The molecule has 5 nitrogen and oxygen atoms in total. The number of unbranched alkanes of at least 4 members (excludes halogenated alkanes) is 1. The minimum Gasteiger partial charge on any atom is -0.344 e. The fraction of sp³-hybridized carbons (Fsp3) is 0.571. The van der Waals surface area contributed by atoms with Crippen molar-refractivity contribution >= 4 is 17.5 Å². The van der Waals surface area contributed by atoms with Crippen LogP contribution >= 0.6 is 0 Å². The van der Waals surface area contributed by atoms with Crippen molar-refractivity contribution in [2.24, 2.45) is 4.99 Å². The molecule has 1 spiro atoms. The minimum atomic E-state index is -0.526. The summed E-state index contributed by atoms with van der Waals surface area (Å²) in [6, 6.07) is 9.62. The van der Waals surface area contributed by atoms with Gasteiger partial charge in [-0.05, 0) is 32.1 Å². The van der Waals surface area contributed by atoms with Crippen molar-refractivity contribution in [3.63, 3.8) is 0 Å². The summed E-state index contributed by atoms with van der Waals surface area (Å²) in [7, 11) is 1.82. The molecule has 140 valence electrons. The number of nitrogens with zero attached hydrogens (tertiary/aromatic N) is 3. The van der Waals surface area contributed by atoms with Crippen molar-refractivity contribution in [3.8, 4) is 0 Å². The highest BCUT2D eigenvalue weighted by molar-refractivity contribution is 6.47. The first kappa shape index (κ1) is 18.6. The van der Waals surface area contributed by atoms with Crippen LogP contribution in [-0.2, 0) is 9.59 Å². The average Bonchev–Trinajstić information content (AvgIpc) is 2.93. The molecule has 1 aromatic rings. The number of rotatable bonds is 6. The molecule has 26 heavy (non-hydrogen) atoms. The number of benzene rings is 1. The van der Waals surface area contributed by atoms with Gasteiger partial charge >= 0.3 is 0 Å². The first-order valence-corrected chi connectivity index (χ1v) is 9.78. The molecule has 0 N–H and O–H groups in total. The molecule has 0 saturated heterocycles. The third-order valence-corrected chi connectivity index (χ3v) is 5.54. The molecule has 0 unspecified atom stereocenters. The molecule has 0 bridgehead atoms. The summed E-state index contributed by atoms with van der Waals surface area (Å²) in [5.41, 5.74) is 0.829. The maximum Gasteiger partial charge on any atom is 0.275 e. The van der Waals surface area contributed by atoms with Gasteiger partial charge in [-0.15, -0.1) is 0 Å². The summed E-state index contributed by atoms with van der Waals surface area (Å²) in [5.74, 6) is -0.100. The van der Waals surface area contributed by atoms with Crippen LogP contribution in [0.25, 0.3) is 0 Å². The van der Waals surface area contributed by atoms with Crippen molar-refractivity contribution in [1.29, 1.82) is 0 Å². The third-order valence-electron chi connectivity index (χ3n) is 5.54. The molecule has 3 rings (SSSR count). The van der Waals surface area contributed by atoms with Gasteiger partial charge < -0.3 is 9.80 Å². The van der Waals surface area contributed by atoms with Crippen LogP contribution in [0.1, 0.15) is 57.4 Å². The highest BCUT2D eigenvalue weighted by Gasteiger charge is 2.48. The number of carbonyl (C=O) groups excluding carboxylic acids is 2. The van der Waals surface area contributed by atoms with E-state index in [1.54, 1.807) is 9.80 Å². The molecule has 1 aromatic carbocycles. The van der Waals surface area contributed by atoms with Crippen LogP contribution in [0.4, 0.5) is 0 Å². The van der Waals surface area contributed by atoms with Gasteiger partial charge in [-0.25, -0.2) is 0 Å². The smallest absolute Gasteiger partial charge is 0.275 e. The van der Waals surface area contributed by atoms with Gasteiger partial charge in [0.05, 0.1) is 0 Å². The van der Waals surface area contributed by atoms with Crippen LogP contribution in [0, 0.1) is 0 Å². The second-order valence-electron chi connectivity index (χ2n) is 7.43. The number of carbonyl (C=O) groups is 2. The predicted molar refractivity (Wildman–Crippen MR) is 103 cm³/mol. The number of aliphatic imine (C=N–C) groups is 1. The predicted octanol–water partition coefficient (Wildman–Crippen LogP) is 3.24. The summed E-state index contributed by atoms with van der Waals surface area (Å²) < 4.78 is 0. The van der Waals surface area contributed by atoms with Gasteiger partial charge in [-0.3, -0.25) is 14.6 Å². The van der Waals surface area contributed by atoms with Crippen molar-refractivity contribution in [3.05, 3.63) is 35.9 Å². The highest BCUT2D eigenvalue weighted by atomic mass is 16.2. The van der Waals surface area contributed by atoms with Crippen molar-refractivity contribution in [1.82, 2.24) is 9.80 Å². The van der Waals surface area contributed by atoms with Gasteiger partial charge in [0.15, 0.2) is 0 Å². The largest absolute Gasteiger partial charge is 0.344 e. The van der Waals surface area contributed by atoms with Gasteiger partial charge in [-0.2, -0.15) is 0 Å². The van der Waals surface area contributed by atoms with E-state index in [1.165, 1.54) is 6.42 Å². The van der Waals surface area contributed by atoms with Crippen molar-refractivity contribution in [2.45, 2.75) is 57.5 Å². The van der Waals surface area contributed by atoms with E-state index >= 15 is 0 Å². The Bertz CT molecular complexity index is 678. The second kappa shape index (κ2) is 8.02. The van der Waals surface area contributed by atoms with Crippen molar-refractivity contribution in [2.75, 3.05) is 20.1 Å². The lowest BCUT2D eigenvalue weighted by Crippen LogP contribution is -2.52. The topological polar surface area (TPSA) is 53.0 Å². The fourth-order valence-corrected chi connectivity index (χ4v) is 3.91. The molecule has 0 aromatic heterocycles. The lowest BCUT2D eigenvalue weighted by atomic mass is 9.88. The standard InChI is InChI=1S/C21H29N3O2/c1-3-4-15-23(2)18(25)16-24-20(26)19(17-11-7-5-8-12-17)22-21(24)13-9-6-10-14-21/h5,7-8,11-12H,3-4,6,9-10,13-16H2,1-2H3. The number of hydrogen-bond donors (Lipinski definition) is 0. The summed E-state index contributed by atoms with van der Waals surface area (Å²) in [6.07, 6.45) is 7.00. The number of likely N-dealkylation sites (N-methyl/N-ethyl adjacent to an activating group) is 1. The van der Waals surface area contributed by atoms with Crippen LogP contribution in [0.15, 0.2) is 35.3 Å². The van der Waals surface area contributed by atoms with Crippen LogP contribution in [-0.4, -0.2) is 53.1 Å². The monoisotopic (exact) mass is 355 g/mol. The van der Waals surface area contributed by atoms with E-state index in [-0.39, 0.29) is 18.4 Å². The molecular formula is C21H29N3O2. The average molecular weight is 355 g/mol. The molecule has 1 aliphatic heterocycles. The molecular weight excluding hydrogens is 326 g/mol. The number of amides is 2. The zero-order valence-corrected chi connectivity index (χ0v) is 15.9. The van der Waals surface area contributed by atoms with Gasteiger partial charge in [0.1, 0.15) is 17.9 Å². The molecule has 0 atom stereocenters. The van der Waals surface area contributed by atoms with Crippen LogP contribution < -0.4 is 0 Å². The van der Waals surface area contributed by atoms with Gasteiger partial charge in [0.2, 0.25) is 5.91 Å². The van der Waals surface area contributed by atoms with Crippen LogP contribution in [0.5, 0.6) is 0 Å². The zero-order chi connectivity index (χ0) is 18.6. The molecule has 2 aliphatic rings. The zero-order valence-electron chi connectivity index (χ0n) is 15.9. The summed E-state index contributed by atoms with van der Waals surface area (Å²) in [4.78, 5) is 34.3. The molecule has 5 heteroatoms. The Morgan fingerprint density at radius 3 is 2.54 bits per heavy atom. The van der Waals surface area contributed by atoms with E-state index in [1.807, 2.05) is 37.4 Å². The van der Waals surface area contributed by atoms with E-state index in [2.05, 4.69) is 6.92 Å². The maximum atomic E-state index is 13.2. The van der Waals surface area contributed by atoms with Gasteiger partial charge in [0.25, 0.3) is 5.91 Å². The van der Waals surface area contributed by atoms with Gasteiger partial charge in [0, 0.05) is 19.2 Å². The first-order chi connectivity index (χ1) is 12.6. The summed E-state index contributed by atoms with van der Waals surface area (Å²) >= 11 is 0. The molecule has 1 heterocycles. The van der Waals surface area contributed by atoms with E-state index < -0.39 is 5.66 Å². The summed E-state index contributed by atoms with van der Waals surface area (Å²) in [5, 5.41) is 0. The Labute approximate surface area is 156 Å². The Balaban J connectivity index is 1.84. The highest BCUT2D eigenvalue weighted by Crippen LogP contribution is 2.39. The minimum absolute atomic E-state index is 0.00117. The van der Waals surface area contributed by atoms with E-state index in [4.69, 9.17) is 4.99 Å². The molecule has 1 aliphatic carbocycles. The summed E-state index contributed by atoms with van der Waals surface area (Å²) in [6.45, 7) is 2.97. The third kappa shape index (κ3) is 3.67. The molecule has 0 radical (unpaired) electrons. The Morgan fingerprint density at radius 2 is 1.88 bits per heavy atom. The van der Waals surface area contributed by atoms with Crippen LogP contribution in [0.2, 0.25) is 0 Å². The maximum absolute atomic E-state index is 13.2. The Kier molecular flexibility index (Phi) is 5.74. The van der Waals surface area contributed by atoms with E-state index in [0.29, 0.717) is 5.71 Å².